The number of nitrogens with two attached hydrogens (primary N) is 2. The summed E-state index contributed by atoms with van der Waals surface area (Å²) in [6.07, 6.45) is 9.32. The van der Waals surface area contributed by atoms with Crippen molar-refractivity contribution >= 4 is 11.4 Å². The molecule has 0 atom stereocenters. The Bertz CT molecular complexity index is 196. The molecule has 4 N–H and O–H groups in total. The van der Waals surface area contributed by atoms with Gasteiger partial charge in [-0.25, -0.2) is 0 Å². The van der Waals surface area contributed by atoms with Crippen molar-refractivity contribution in [2.45, 2.75) is 51.4 Å². The largest absolute Gasteiger partial charge is 0.323 e. The van der Waals surface area contributed by atoms with Gasteiger partial charge in [0, 0.05) is 0 Å². The maximum Gasteiger partial charge on any atom is 0.0832 e. The molecule has 4 nitrogen and oxygen atoms in total. The van der Waals surface area contributed by atoms with Gasteiger partial charge in [-0.1, -0.05) is 25.7 Å². The van der Waals surface area contributed by atoms with Gasteiger partial charge in [-0.15, -0.1) is 0 Å². The molecule has 0 bridgehead atoms. The van der Waals surface area contributed by atoms with Gasteiger partial charge in [0.25, 0.3) is 0 Å². The third-order valence-electron chi connectivity index (χ3n) is 2.72. The Kier molecular flexibility index (Phi) is 5.04. The lowest BCUT2D eigenvalue weighted by Gasteiger charge is -2.10. The average molecular weight is 196 g/mol. The van der Waals surface area contributed by atoms with Gasteiger partial charge >= 0.3 is 0 Å². The molecule has 0 aromatic rings. The van der Waals surface area contributed by atoms with Crippen LogP contribution in [0.1, 0.15) is 51.4 Å². The van der Waals surface area contributed by atoms with Gasteiger partial charge in [-0.05, 0) is 25.7 Å². The second-order valence-electron chi connectivity index (χ2n) is 3.77. The van der Waals surface area contributed by atoms with Crippen LogP contribution in [-0.4, -0.2) is 11.4 Å². The molecule has 1 aliphatic carbocycles. The number of hydrogen-bond acceptors (Lipinski definition) is 4. The summed E-state index contributed by atoms with van der Waals surface area (Å²) < 4.78 is 0. The zero-order chi connectivity index (χ0) is 10.2. The third-order valence-corrected chi connectivity index (χ3v) is 2.72. The first-order valence-corrected chi connectivity index (χ1v) is 5.42. The van der Waals surface area contributed by atoms with E-state index in [1.54, 1.807) is 0 Å². The summed E-state index contributed by atoms with van der Waals surface area (Å²) in [4.78, 5) is 0. The minimum Gasteiger partial charge on any atom is -0.323 e. The molecule has 0 amide bonds. The molecule has 1 saturated carbocycles. The lowest BCUT2D eigenvalue weighted by molar-refractivity contribution is 0.603. The number of nitrogens with zero attached hydrogens (tertiary/aromatic N) is 2. The predicted molar refractivity (Wildman–Crippen MR) is 60.2 cm³/mol. The van der Waals surface area contributed by atoms with Crippen LogP contribution in [-0.2, 0) is 0 Å². The van der Waals surface area contributed by atoms with Crippen molar-refractivity contribution in [3.63, 3.8) is 0 Å². The highest BCUT2D eigenvalue weighted by atomic mass is 15.2. The van der Waals surface area contributed by atoms with E-state index in [2.05, 4.69) is 10.2 Å². The lowest BCUT2D eigenvalue weighted by Crippen LogP contribution is -2.18. The minimum atomic E-state index is 0.898. The van der Waals surface area contributed by atoms with Crippen molar-refractivity contribution in [3.05, 3.63) is 0 Å². The molecule has 0 aliphatic heterocycles. The highest BCUT2D eigenvalue weighted by molar-refractivity contribution is 6.42. The summed E-state index contributed by atoms with van der Waals surface area (Å²) in [5.74, 6) is 10.7. The molecule has 0 spiro atoms. The van der Waals surface area contributed by atoms with Gasteiger partial charge in [-0.2, -0.15) is 10.2 Å². The quantitative estimate of drug-likeness (QED) is 0.457. The van der Waals surface area contributed by atoms with Crippen molar-refractivity contribution in [2.24, 2.45) is 21.9 Å². The smallest absolute Gasteiger partial charge is 0.0832 e. The van der Waals surface area contributed by atoms with Gasteiger partial charge in [0.1, 0.15) is 0 Å². The molecule has 1 fully saturated rings. The molecule has 0 heterocycles. The molecule has 0 aromatic carbocycles. The molecule has 1 rings (SSSR count). The first kappa shape index (κ1) is 11.0. The van der Waals surface area contributed by atoms with Crippen molar-refractivity contribution in [2.75, 3.05) is 0 Å². The monoisotopic (exact) mass is 196 g/mol. The first-order valence-electron chi connectivity index (χ1n) is 5.42. The summed E-state index contributed by atoms with van der Waals surface area (Å²) in [5.41, 5.74) is 1.80. The minimum absolute atomic E-state index is 0.898. The Morgan fingerprint density at radius 1 is 0.643 bits per heavy atom. The lowest BCUT2D eigenvalue weighted by atomic mass is 9.98. The van der Waals surface area contributed by atoms with E-state index < -0.39 is 0 Å². The van der Waals surface area contributed by atoms with Crippen molar-refractivity contribution in [1.82, 2.24) is 0 Å². The number of hydrazone groups is 2. The van der Waals surface area contributed by atoms with Gasteiger partial charge in [0.15, 0.2) is 0 Å². The molecule has 14 heavy (non-hydrogen) atoms. The van der Waals surface area contributed by atoms with E-state index in [0.717, 1.165) is 37.1 Å². The second-order valence-corrected chi connectivity index (χ2v) is 3.77. The van der Waals surface area contributed by atoms with E-state index in [0.29, 0.717) is 0 Å². The van der Waals surface area contributed by atoms with E-state index in [9.17, 15) is 0 Å². The maximum atomic E-state index is 5.33. The Balaban J connectivity index is 2.59. The molecule has 80 valence electrons. The molecule has 0 aromatic heterocycles. The van der Waals surface area contributed by atoms with E-state index in [1.807, 2.05) is 0 Å². The zero-order valence-corrected chi connectivity index (χ0v) is 8.71. The van der Waals surface area contributed by atoms with Gasteiger partial charge in [0.2, 0.25) is 0 Å². The summed E-state index contributed by atoms with van der Waals surface area (Å²) in [6, 6.07) is 0. The van der Waals surface area contributed by atoms with Crippen molar-refractivity contribution in [1.29, 1.82) is 0 Å². The van der Waals surface area contributed by atoms with Gasteiger partial charge in [0.05, 0.1) is 11.4 Å². The van der Waals surface area contributed by atoms with Crippen molar-refractivity contribution in [3.8, 4) is 0 Å². The van der Waals surface area contributed by atoms with E-state index >= 15 is 0 Å². The highest BCUT2D eigenvalue weighted by Crippen LogP contribution is 2.13. The van der Waals surface area contributed by atoms with Crippen LogP contribution in [0.25, 0.3) is 0 Å². The van der Waals surface area contributed by atoms with Crippen LogP contribution in [0, 0.1) is 0 Å². The topological polar surface area (TPSA) is 76.8 Å². The fourth-order valence-electron chi connectivity index (χ4n) is 1.86. The standard InChI is InChI=1S/C10H20N4/c11-13-9-7-5-3-1-2-4-6-8-10(9)14-12/h1-8,11-12H2/b13-9+,14-10+. The fourth-order valence-corrected chi connectivity index (χ4v) is 1.86. The van der Waals surface area contributed by atoms with Crippen LogP contribution >= 0.6 is 0 Å². The van der Waals surface area contributed by atoms with E-state index in [-0.39, 0.29) is 0 Å². The summed E-state index contributed by atoms with van der Waals surface area (Å²) >= 11 is 0. The van der Waals surface area contributed by atoms with Gasteiger partial charge in [-0.3, -0.25) is 0 Å². The second kappa shape index (κ2) is 6.40. The van der Waals surface area contributed by atoms with Crippen LogP contribution in [0.4, 0.5) is 0 Å². The van der Waals surface area contributed by atoms with Crippen LogP contribution in [0.15, 0.2) is 10.2 Å². The molecule has 0 unspecified atom stereocenters. The Morgan fingerprint density at radius 3 is 1.36 bits per heavy atom. The van der Waals surface area contributed by atoms with E-state index in [1.165, 1.54) is 25.7 Å². The summed E-state index contributed by atoms with van der Waals surface area (Å²) in [5, 5.41) is 7.56. The zero-order valence-electron chi connectivity index (χ0n) is 8.71. The van der Waals surface area contributed by atoms with E-state index in [4.69, 9.17) is 11.7 Å². The normalized spacial score (nSPS) is 26.6. The molecule has 1 aliphatic rings. The first-order chi connectivity index (χ1) is 6.88. The Hall–Kier alpha value is -1.06. The van der Waals surface area contributed by atoms with Crippen LogP contribution < -0.4 is 11.7 Å². The highest BCUT2D eigenvalue weighted by Gasteiger charge is 2.10. The molecule has 0 saturated heterocycles. The van der Waals surface area contributed by atoms with Crippen LogP contribution in [0.5, 0.6) is 0 Å². The van der Waals surface area contributed by atoms with Crippen LogP contribution in [0.3, 0.4) is 0 Å². The van der Waals surface area contributed by atoms with Gasteiger partial charge < -0.3 is 11.7 Å². The summed E-state index contributed by atoms with van der Waals surface area (Å²) in [6.45, 7) is 0. The number of rotatable bonds is 0. The average Bonchev–Trinajstić information content (AvgIpc) is 2.24. The maximum absolute atomic E-state index is 5.33. The summed E-state index contributed by atoms with van der Waals surface area (Å²) in [7, 11) is 0. The van der Waals surface area contributed by atoms with Crippen molar-refractivity contribution < 1.29 is 0 Å². The molecule has 4 heteroatoms. The predicted octanol–water partition coefficient (Wildman–Crippen LogP) is 1.75. The molecule has 0 radical (unpaired) electrons. The Labute approximate surface area is 85.4 Å². The molecular formula is C10H20N4. The molecular weight excluding hydrogens is 176 g/mol. The third kappa shape index (κ3) is 3.36. The SMILES string of the molecule is N/N=C1\CCCCCCCC\C1=N/N. The fraction of sp³-hybridized carbons (Fsp3) is 0.800. The van der Waals surface area contributed by atoms with Crippen LogP contribution in [0.2, 0.25) is 0 Å². The number of hydrogen-bond donors (Lipinski definition) is 2. The Morgan fingerprint density at radius 2 is 1.00 bits per heavy atom.